The van der Waals surface area contributed by atoms with E-state index in [1.165, 1.54) is 0 Å². The lowest BCUT2D eigenvalue weighted by Crippen LogP contribution is -2.14. The molecule has 0 aliphatic heterocycles. The molecule has 0 aliphatic carbocycles. The second-order valence-corrected chi connectivity index (χ2v) is 4.17. The molecule has 1 aromatic heterocycles. The fourth-order valence-electron chi connectivity index (χ4n) is 1.69. The van der Waals surface area contributed by atoms with Crippen molar-refractivity contribution >= 4 is 11.6 Å². The Morgan fingerprint density at radius 2 is 2.06 bits per heavy atom. The summed E-state index contributed by atoms with van der Waals surface area (Å²) in [6.45, 7) is 4.20. The maximum Gasteiger partial charge on any atom is 0.273 e. The standard InChI is InChI=1S/C13H15N3O/c1-9(2)10-5-3-4-6-11(10)15-13(17)12-7-8-14-16-12/h3-9H,1-2H3,(H,14,16)(H,15,17). The molecule has 2 N–H and O–H groups in total. The predicted octanol–water partition coefficient (Wildman–Crippen LogP) is 2.79. The van der Waals surface area contributed by atoms with Crippen LogP contribution in [0.3, 0.4) is 0 Å². The van der Waals surface area contributed by atoms with Gasteiger partial charge in [-0.15, -0.1) is 0 Å². The second kappa shape index (κ2) is 4.82. The van der Waals surface area contributed by atoms with Crippen molar-refractivity contribution in [1.29, 1.82) is 0 Å². The third-order valence-electron chi connectivity index (χ3n) is 2.58. The van der Waals surface area contributed by atoms with E-state index >= 15 is 0 Å². The number of hydrogen-bond acceptors (Lipinski definition) is 2. The summed E-state index contributed by atoms with van der Waals surface area (Å²) in [6.07, 6.45) is 1.56. The van der Waals surface area contributed by atoms with E-state index in [4.69, 9.17) is 0 Å². The molecule has 2 aromatic rings. The Morgan fingerprint density at radius 1 is 1.29 bits per heavy atom. The maximum absolute atomic E-state index is 11.9. The molecular formula is C13H15N3O. The van der Waals surface area contributed by atoms with Crippen molar-refractivity contribution < 1.29 is 4.79 Å². The van der Waals surface area contributed by atoms with E-state index in [1.807, 2.05) is 24.3 Å². The molecule has 0 saturated heterocycles. The number of amides is 1. The van der Waals surface area contributed by atoms with Gasteiger partial charge in [-0.1, -0.05) is 32.0 Å². The lowest BCUT2D eigenvalue weighted by atomic mass is 10.0. The molecule has 0 fully saturated rings. The van der Waals surface area contributed by atoms with Crippen LogP contribution in [0.2, 0.25) is 0 Å². The van der Waals surface area contributed by atoms with Crippen molar-refractivity contribution in [1.82, 2.24) is 10.2 Å². The van der Waals surface area contributed by atoms with Gasteiger partial charge in [0.1, 0.15) is 5.69 Å². The number of nitrogens with one attached hydrogen (secondary N) is 2. The molecule has 1 aromatic carbocycles. The summed E-state index contributed by atoms with van der Waals surface area (Å²) in [5, 5.41) is 9.28. The van der Waals surface area contributed by atoms with Crippen molar-refractivity contribution in [3.63, 3.8) is 0 Å². The Kier molecular flexibility index (Phi) is 3.23. The Bertz CT molecular complexity index is 503. The van der Waals surface area contributed by atoms with Gasteiger partial charge in [0.25, 0.3) is 5.91 Å². The number of benzene rings is 1. The second-order valence-electron chi connectivity index (χ2n) is 4.17. The highest BCUT2D eigenvalue weighted by Crippen LogP contribution is 2.23. The minimum atomic E-state index is -0.171. The molecule has 2 rings (SSSR count). The molecule has 0 unspecified atom stereocenters. The first-order chi connectivity index (χ1) is 8.18. The normalized spacial score (nSPS) is 10.5. The van der Waals surface area contributed by atoms with E-state index < -0.39 is 0 Å². The average Bonchev–Trinajstić information content (AvgIpc) is 2.83. The van der Waals surface area contributed by atoms with Gasteiger partial charge in [0.2, 0.25) is 0 Å². The van der Waals surface area contributed by atoms with Gasteiger partial charge in [0.15, 0.2) is 0 Å². The summed E-state index contributed by atoms with van der Waals surface area (Å²) >= 11 is 0. The van der Waals surface area contributed by atoms with Crippen LogP contribution in [0.15, 0.2) is 36.5 Å². The minimum absolute atomic E-state index is 0.171. The summed E-state index contributed by atoms with van der Waals surface area (Å²) in [4.78, 5) is 11.9. The molecule has 4 nitrogen and oxygen atoms in total. The number of aromatic amines is 1. The molecule has 0 atom stereocenters. The molecule has 17 heavy (non-hydrogen) atoms. The van der Waals surface area contributed by atoms with Crippen molar-refractivity contribution in [3.8, 4) is 0 Å². The first-order valence-electron chi connectivity index (χ1n) is 5.58. The van der Waals surface area contributed by atoms with Crippen LogP contribution in [0.5, 0.6) is 0 Å². The highest BCUT2D eigenvalue weighted by Gasteiger charge is 2.11. The van der Waals surface area contributed by atoms with Crippen LogP contribution in [0.1, 0.15) is 35.8 Å². The van der Waals surface area contributed by atoms with Gasteiger partial charge in [0, 0.05) is 11.9 Å². The Balaban J connectivity index is 2.22. The van der Waals surface area contributed by atoms with Crippen LogP contribution in [0, 0.1) is 0 Å². The number of carbonyl (C=O) groups excluding carboxylic acids is 1. The fourth-order valence-corrected chi connectivity index (χ4v) is 1.69. The topological polar surface area (TPSA) is 57.8 Å². The van der Waals surface area contributed by atoms with Crippen LogP contribution in [-0.2, 0) is 0 Å². The van der Waals surface area contributed by atoms with E-state index in [0.717, 1.165) is 11.3 Å². The largest absolute Gasteiger partial charge is 0.320 e. The van der Waals surface area contributed by atoms with Crippen LogP contribution in [-0.4, -0.2) is 16.1 Å². The van der Waals surface area contributed by atoms with Gasteiger partial charge in [-0.2, -0.15) is 5.10 Å². The molecule has 1 heterocycles. The Hall–Kier alpha value is -2.10. The number of carbonyl (C=O) groups is 1. The summed E-state index contributed by atoms with van der Waals surface area (Å²) in [5.74, 6) is 0.198. The lowest BCUT2D eigenvalue weighted by Gasteiger charge is -2.12. The van der Waals surface area contributed by atoms with Gasteiger partial charge >= 0.3 is 0 Å². The van der Waals surface area contributed by atoms with Crippen molar-refractivity contribution in [2.45, 2.75) is 19.8 Å². The number of hydrogen-bond donors (Lipinski definition) is 2. The summed E-state index contributed by atoms with van der Waals surface area (Å²) in [6, 6.07) is 9.46. The Morgan fingerprint density at radius 3 is 2.71 bits per heavy atom. The summed E-state index contributed by atoms with van der Waals surface area (Å²) in [7, 11) is 0. The number of rotatable bonds is 3. The molecule has 88 valence electrons. The lowest BCUT2D eigenvalue weighted by molar-refractivity contribution is 0.102. The highest BCUT2D eigenvalue weighted by atomic mass is 16.1. The molecule has 1 amide bonds. The van der Waals surface area contributed by atoms with Gasteiger partial charge in [0.05, 0.1) is 0 Å². The third-order valence-corrected chi connectivity index (χ3v) is 2.58. The minimum Gasteiger partial charge on any atom is -0.320 e. The van der Waals surface area contributed by atoms with Crippen molar-refractivity contribution in [3.05, 3.63) is 47.8 Å². The Labute approximate surface area is 100 Å². The highest BCUT2D eigenvalue weighted by molar-refractivity contribution is 6.03. The zero-order chi connectivity index (χ0) is 12.3. The maximum atomic E-state index is 11.9. The number of H-pyrrole nitrogens is 1. The number of aromatic nitrogens is 2. The van der Waals surface area contributed by atoms with Crippen LogP contribution in [0.4, 0.5) is 5.69 Å². The molecule has 4 heteroatoms. The average molecular weight is 229 g/mol. The van der Waals surface area contributed by atoms with Crippen LogP contribution in [0.25, 0.3) is 0 Å². The summed E-state index contributed by atoms with van der Waals surface area (Å²) < 4.78 is 0. The SMILES string of the molecule is CC(C)c1ccccc1NC(=O)c1ccn[nH]1. The zero-order valence-electron chi connectivity index (χ0n) is 9.90. The van der Waals surface area contributed by atoms with E-state index in [1.54, 1.807) is 12.3 Å². The predicted molar refractivity (Wildman–Crippen MR) is 67.1 cm³/mol. The van der Waals surface area contributed by atoms with Crippen molar-refractivity contribution in [2.24, 2.45) is 0 Å². The quantitative estimate of drug-likeness (QED) is 0.850. The monoisotopic (exact) mass is 229 g/mol. The zero-order valence-corrected chi connectivity index (χ0v) is 9.90. The van der Waals surface area contributed by atoms with Crippen molar-refractivity contribution in [2.75, 3.05) is 5.32 Å². The summed E-state index contributed by atoms with van der Waals surface area (Å²) in [5.41, 5.74) is 2.44. The number of anilines is 1. The number of para-hydroxylation sites is 1. The molecule has 0 radical (unpaired) electrons. The molecule has 0 spiro atoms. The first-order valence-corrected chi connectivity index (χ1v) is 5.58. The van der Waals surface area contributed by atoms with E-state index in [9.17, 15) is 4.79 Å². The van der Waals surface area contributed by atoms with Gasteiger partial charge in [-0.05, 0) is 23.6 Å². The molecule has 0 saturated carbocycles. The first kappa shape index (κ1) is 11.4. The van der Waals surface area contributed by atoms with Gasteiger partial charge in [-0.3, -0.25) is 9.89 Å². The number of nitrogens with zero attached hydrogens (tertiary/aromatic N) is 1. The third kappa shape index (κ3) is 2.53. The van der Waals surface area contributed by atoms with Crippen LogP contribution < -0.4 is 5.32 Å². The van der Waals surface area contributed by atoms with E-state index in [2.05, 4.69) is 29.4 Å². The molecular weight excluding hydrogens is 214 g/mol. The molecule has 0 bridgehead atoms. The van der Waals surface area contributed by atoms with Crippen LogP contribution >= 0.6 is 0 Å². The van der Waals surface area contributed by atoms with E-state index in [0.29, 0.717) is 11.6 Å². The molecule has 0 aliphatic rings. The fraction of sp³-hybridized carbons (Fsp3) is 0.231. The van der Waals surface area contributed by atoms with Gasteiger partial charge < -0.3 is 5.32 Å². The van der Waals surface area contributed by atoms with Gasteiger partial charge in [-0.25, -0.2) is 0 Å². The smallest absolute Gasteiger partial charge is 0.273 e. The van der Waals surface area contributed by atoms with E-state index in [-0.39, 0.29) is 5.91 Å².